The number of carbonyl (C=O) groups excluding carboxylic acids is 4. The first-order valence-corrected chi connectivity index (χ1v) is 14.5. The molecule has 2 heterocycles. The van der Waals surface area contributed by atoms with Gasteiger partial charge in [-0.1, -0.05) is 18.2 Å². The summed E-state index contributed by atoms with van der Waals surface area (Å²) in [5.74, 6) is -0.809. The summed E-state index contributed by atoms with van der Waals surface area (Å²) in [4.78, 5) is 56.3. The summed E-state index contributed by atoms with van der Waals surface area (Å²) in [6.07, 6.45) is 2.95. The molecule has 5 rings (SSSR count). The monoisotopic (exact) mass is 571 g/mol. The van der Waals surface area contributed by atoms with Gasteiger partial charge in [0.1, 0.15) is 5.75 Å². The van der Waals surface area contributed by atoms with Crippen LogP contribution in [0.2, 0.25) is 0 Å². The van der Waals surface area contributed by atoms with Crippen LogP contribution in [-0.2, 0) is 6.54 Å². The van der Waals surface area contributed by atoms with E-state index in [-0.39, 0.29) is 6.54 Å². The van der Waals surface area contributed by atoms with Crippen LogP contribution in [0.5, 0.6) is 5.75 Å². The molecule has 0 saturated carbocycles. The number of hydrogen-bond donors (Lipinski definition) is 3. The lowest BCUT2D eigenvalue weighted by molar-refractivity contribution is 0.0587. The van der Waals surface area contributed by atoms with Crippen molar-refractivity contribution >= 4 is 34.4 Å². The van der Waals surface area contributed by atoms with E-state index in [4.69, 9.17) is 10.5 Å². The Hall–Kier alpha value is -4.12. The minimum Gasteiger partial charge on any atom is -0.496 e. The molecule has 0 atom stereocenters. The highest BCUT2D eigenvalue weighted by Gasteiger charge is 2.39. The number of amides is 4. The number of imide groups is 2. The molecule has 0 unspecified atom stereocenters. The van der Waals surface area contributed by atoms with Gasteiger partial charge in [0, 0.05) is 58.2 Å². The van der Waals surface area contributed by atoms with Gasteiger partial charge in [0.2, 0.25) is 0 Å². The van der Waals surface area contributed by atoms with Crippen molar-refractivity contribution in [2.75, 3.05) is 46.4 Å². The number of nitrogens with one attached hydrogen (secondary N) is 2. The first kappa shape index (κ1) is 29.4. The van der Waals surface area contributed by atoms with Gasteiger partial charge < -0.3 is 21.1 Å². The van der Waals surface area contributed by atoms with Crippen LogP contribution in [0.1, 0.15) is 72.7 Å². The normalized spacial score (nSPS) is 14.3. The molecule has 42 heavy (non-hydrogen) atoms. The van der Waals surface area contributed by atoms with Crippen molar-refractivity contribution in [1.29, 1.82) is 0 Å². The molecule has 4 N–H and O–H groups in total. The molecular formula is C32H37N5O5. The molecule has 0 aliphatic carbocycles. The van der Waals surface area contributed by atoms with Crippen molar-refractivity contribution in [3.63, 3.8) is 0 Å². The first-order chi connectivity index (χ1) is 20.5. The van der Waals surface area contributed by atoms with Crippen molar-refractivity contribution in [2.24, 2.45) is 5.73 Å². The molecular weight excluding hydrogens is 534 g/mol. The zero-order chi connectivity index (χ0) is 29.6. The zero-order valence-electron chi connectivity index (χ0n) is 23.9. The Morgan fingerprint density at radius 3 is 1.69 bits per heavy atom. The average molecular weight is 572 g/mol. The van der Waals surface area contributed by atoms with Crippen LogP contribution < -0.4 is 21.1 Å². The van der Waals surface area contributed by atoms with Crippen LogP contribution in [0.15, 0.2) is 48.5 Å². The molecule has 3 aromatic rings. The van der Waals surface area contributed by atoms with Gasteiger partial charge in [0.05, 0.1) is 7.11 Å². The van der Waals surface area contributed by atoms with E-state index in [2.05, 4.69) is 10.6 Å². The predicted molar refractivity (Wildman–Crippen MR) is 160 cm³/mol. The zero-order valence-corrected chi connectivity index (χ0v) is 23.9. The number of benzene rings is 3. The van der Waals surface area contributed by atoms with E-state index >= 15 is 0 Å². The molecule has 4 amide bonds. The van der Waals surface area contributed by atoms with E-state index in [1.165, 1.54) is 9.80 Å². The molecule has 10 heteroatoms. The number of ether oxygens (including phenoxy) is 1. The number of nitrogens with zero attached hydrogens (tertiary/aromatic N) is 2. The van der Waals surface area contributed by atoms with Crippen molar-refractivity contribution in [2.45, 2.75) is 32.2 Å². The van der Waals surface area contributed by atoms with Crippen molar-refractivity contribution < 1.29 is 23.9 Å². The maximum atomic E-state index is 13.5. The average Bonchev–Trinajstić information content (AvgIpc) is 3.01. The molecule has 2 aliphatic rings. The number of para-hydroxylation sites is 1. The van der Waals surface area contributed by atoms with Gasteiger partial charge in [-0.25, -0.2) is 0 Å². The molecule has 0 saturated heterocycles. The smallest absolute Gasteiger partial charge is 0.261 e. The Balaban J connectivity index is 1.26. The third kappa shape index (κ3) is 5.65. The molecule has 0 aromatic heterocycles. The summed E-state index contributed by atoms with van der Waals surface area (Å²) in [6, 6.07) is 14.2. The van der Waals surface area contributed by atoms with E-state index < -0.39 is 23.6 Å². The lowest BCUT2D eigenvalue weighted by atomic mass is 9.86. The second kappa shape index (κ2) is 13.2. The van der Waals surface area contributed by atoms with E-state index in [9.17, 15) is 19.2 Å². The fourth-order valence-electron chi connectivity index (χ4n) is 5.69. The summed E-state index contributed by atoms with van der Waals surface area (Å²) in [5, 5.41) is 7.44. The standard InChI is InChI=1S/C32H37N5O5/c1-42-26-9-3-2-8-21(26)20-35-17-7-19-37-31(40)24-12-10-22-27-23(11-13-25(28(24)27)32(37)41)30(39)36(29(22)38)18-5-4-15-34-16-6-14-33/h2-3,8-13,34-35H,4-7,14-20,33H2,1H3. The fraction of sp³-hybridized carbons (Fsp3) is 0.375. The highest BCUT2D eigenvalue weighted by molar-refractivity contribution is 6.33. The fourth-order valence-corrected chi connectivity index (χ4v) is 5.69. The van der Waals surface area contributed by atoms with Crippen LogP contribution in [0, 0.1) is 0 Å². The largest absolute Gasteiger partial charge is 0.496 e. The Kier molecular flexibility index (Phi) is 9.26. The Morgan fingerprint density at radius 2 is 1.14 bits per heavy atom. The highest BCUT2D eigenvalue weighted by Crippen LogP contribution is 2.38. The van der Waals surface area contributed by atoms with Gasteiger partial charge in [0.25, 0.3) is 23.6 Å². The molecule has 0 fully saturated rings. The third-order valence-corrected chi connectivity index (χ3v) is 7.85. The molecule has 10 nitrogen and oxygen atoms in total. The second-order valence-corrected chi connectivity index (χ2v) is 10.5. The van der Waals surface area contributed by atoms with E-state index in [1.807, 2.05) is 24.3 Å². The topological polar surface area (TPSA) is 134 Å². The van der Waals surface area contributed by atoms with Crippen LogP contribution in [-0.4, -0.2) is 79.8 Å². The van der Waals surface area contributed by atoms with Crippen molar-refractivity contribution in [1.82, 2.24) is 20.4 Å². The molecule has 0 spiro atoms. The minimum atomic E-state index is -0.412. The van der Waals surface area contributed by atoms with E-state index in [1.54, 1.807) is 31.4 Å². The van der Waals surface area contributed by atoms with Gasteiger partial charge in [-0.05, 0) is 82.2 Å². The number of nitrogens with two attached hydrogens (primary N) is 1. The summed E-state index contributed by atoms with van der Waals surface area (Å²) in [7, 11) is 1.63. The molecule has 0 bridgehead atoms. The third-order valence-electron chi connectivity index (χ3n) is 7.85. The second-order valence-electron chi connectivity index (χ2n) is 10.5. The number of unbranched alkanes of at least 4 members (excludes halogenated alkanes) is 1. The van der Waals surface area contributed by atoms with Gasteiger partial charge in [0.15, 0.2) is 0 Å². The molecule has 3 aromatic carbocycles. The molecule has 0 radical (unpaired) electrons. The van der Waals surface area contributed by atoms with Gasteiger partial charge in [-0.15, -0.1) is 0 Å². The highest BCUT2D eigenvalue weighted by atomic mass is 16.5. The van der Waals surface area contributed by atoms with Crippen LogP contribution >= 0.6 is 0 Å². The Labute approximate surface area is 245 Å². The Bertz CT molecular complexity index is 1450. The SMILES string of the molecule is COc1ccccc1CNCCCN1C(=O)c2ccc3c4c(ccc(c24)C1=O)C(=O)N(CCCCNCCCN)C3=O. The van der Waals surface area contributed by atoms with E-state index in [0.29, 0.717) is 72.0 Å². The van der Waals surface area contributed by atoms with Crippen LogP contribution in [0.25, 0.3) is 10.8 Å². The maximum Gasteiger partial charge on any atom is 0.261 e. The van der Waals surface area contributed by atoms with Crippen molar-refractivity contribution in [3.8, 4) is 5.75 Å². The first-order valence-electron chi connectivity index (χ1n) is 14.5. The lowest BCUT2D eigenvalue weighted by Crippen LogP contribution is -2.44. The summed E-state index contributed by atoms with van der Waals surface area (Å²) in [6.45, 7) is 4.01. The van der Waals surface area contributed by atoms with Gasteiger partial charge in [-0.3, -0.25) is 29.0 Å². The quantitative estimate of drug-likeness (QED) is 0.187. The number of carbonyl (C=O) groups is 4. The number of methoxy groups -OCH3 is 1. The van der Waals surface area contributed by atoms with Crippen LogP contribution in [0.3, 0.4) is 0 Å². The van der Waals surface area contributed by atoms with Crippen LogP contribution in [0.4, 0.5) is 0 Å². The van der Waals surface area contributed by atoms with Gasteiger partial charge >= 0.3 is 0 Å². The Morgan fingerprint density at radius 1 is 0.643 bits per heavy atom. The van der Waals surface area contributed by atoms with E-state index in [0.717, 1.165) is 37.2 Å². The number of hydrogen-bond acceptors (Lipinski definition) is 8. The molecule has 2 aliphatic heterocycles. The molecule has 220 valence electrons. The maximum absolute atomic E-state index is 13.5. The summed E-state index contributed by atoms with van der Waals surface area (Å²) >= 11 is 0. The minimum absolute atomic E-state index is 0.244. The van der Waals surface area contributed by atoms with Crippen molar-refractivity contribution in [3.05, 3.63) is 76.3 Å². The lowest BCUT2D eigenvalue weighted by Gasteiger charge is -2.32. The summed E-state index contributed by atoms with van der Waals surface area (Å²) < 4.78 is 5.38. The van der Waals surface area contributed by atoms with Gasteiger partial charge in [-0.2, -0.15) is 0 Å². The predicted octanol–water partition coefficient (Wildman–Crippen LogP) is 2.94. The number of rotatable bonds is 15. The summed E-state index contributed by atoms with van der Waals surface area (Å²) in [5.41, 5.74) is 7.90.